The summed E-state index contributed by atoms with van der Waals surface area (Å²) in [6.07, 6.45) is 4.67. The molecule has 2 aliphatic rings. The normalized spacial score (nSPS) is 18.2. The lowest BCUT2D eigenvalue weighted by molar-refractivity contribution is 0.494. The number of hydrogen-bond donors (Lipinski definition) is 1. The molecule has 5 rings (SSSR count). The van der Waals surface area contributed by atoms with Gasteiger partial charge in [-0.25, -0.2) is 8.42 Å². The van der Waals surface area contributed by atoms with Crippen molar-refractivity contribution in [1.82, 2.24) is 10.3 Å². The molecule has 0 atom stereocenters. The predicted molar refractivity (Wildman–Crippen MR) is 117 cm³/mol. The van der Waals surface area contributed by atoms with Crippen LogP contribution in [0.15, 0.2) is 46.0 Å². The number of benzene rings is 1. The molecule has 6 nitrogen and oxygen atoms in total. The van der Waals surface area contributed by atoms with E-state index in [1.165, 1.54) is 0 Å². The summed E-state index contributed by atoms with van der Waals surface area (Å²) in [5.41, 5.74) is 2.20. The number of pyridine rings is 1. The van der Waals surface area contributed by atoms with Gasteiger partial charge >= 0.3 is 0 Å². The van der Waals surface area contributed by atoms with E-state index in [0.717, 1.165) is 34.5 Å². The SMILES string of the molecule is O=S(=O)(C1CCNCC1)N1CCSc2c(-c3cc4cc(Cl)ccc4o3)cncc21. The highest BCUT2D eigenvalue weighted by Crippen LogP contribution is 2.44. The number of furan rings is 1. The lowest BCUT2D eigenvalue weighted by Crippen LogP contribution is -2.46. The molecule has 29 heavy (non-hydrogen) atoms. The number of fused-ring (bicyclic) bond motifs is 2. The topological polar surface area (TPSA) is 75.4 Å². The van der Waals surface area contributed by atoms with Crippen molar-refractivity contribution in [1.29, 1.82) is 0 Å². The van der Waals surface area contributed by atoms with Gasteiger partial charge in [0.25, 0.3) is 0 Å². The molecular formula is C20H20ClN3O3S2. The van der Waals surface area contributed by atoms with Crippen LogP contribution in [0.25, 0.3) is 22.3 Å². The number of nitrogens with one attached hydrogen (secondary N) is 1. The van der Waals surface area contributed by atoms with E-state index in [4.69, 9.17) is 16.0 Å². The number of piperidine rings is 1. The van der Waals surface area contributed by atoms with Crippen molar-refractivity contribution in [2.24, 2.45) is 0 Å². The minimum absolute atomic E-state index is 0.350. The van der Waals surface area contributed by atoms with Gasteiger partial charge in [0.05, 0.1) is 22.7 Å². The van der Waals surface area contributed by atoms with E-state index >= 15 is 0 Å². The van der Waals surface area contributed by atoms with Crippen LogP contribution in [0.5, 0.6) is 0 Å². The summed E-state index contributed by atoms with van der Waals surface area (Å²) in [7, 11) is -3.44. The smallest absolute Gasteiger partial charge is 0.238 e. The van der Waals surface area contributed by atoms with Crippen molar-refractivity contribution in [3.05, 3.63) is 41.7 Å². The molecule has 2 aromatic heterocycles. The maximum atomic E-state index is 13.4. The maximum Gasteiger partial charge on any atom is 0.238 e. The van der Waals surface area contributed by atoms with Gasteiger partial charge in [0.1, 0.15) is 11.3 Å². The highest BCUT2D eigenvalue weighted by atomic mass is 35.5. The molecule has 0 spiro atoms. The molecule has 0 radical (unpaired) electrons. The first-order valence-electron chi connectivity index (χ1n) is 9.56. The lowest BCUT2D eigenvalue weighted by atomic mass is 10.2. The van der Waals surface area contributed by atoms with Crippen LogP contribution in [0.4, 0.5) is 5.69 Å². The third-order valence-corrected chi connectivity index (χ3v) is 9.09. The Labute approximate surface area is 178 Å². The highest BCUT2D eigenvalue weighted by molar-refractivity contribution is 8.00. The van der Waals surface area contributed by atoms with Crippen molar-refractivity contribution < 1.29 is 12.8 Å². The van der Waals surface area contributed by atoms with Crippen molar-refractivity contribution in [2.45, 2.75) is 23.0 Å². The molecular weight excluding hydrogens is 430 g/mol. The van der Waals surface area contributed by atoms with E-state index in [1.807, 2.05) is 18.2 Å². The summed E-state index contributed by atoms with van der Waals surface area (Å²) >= 11 is 7.74. The van der Waals surface area contributed by atoms with Crippen LogP contribution in [0.3, 0.4) is 0 Å². The average molecular weight is 450 g/mol. The van der Waals surface area contributed by atoms with Crippen molar-refractivity contribution in [2.75, 3.05) is 29.7 Å². The van der Waals surface area contributed by atoms with Gasteiger partial charge in [0, 0.05) is 33.8 Å². The molecule has 0 amide bonds. The van der Waals surface area contributed by atoms with Crippen LogP contribution < -0.4 is 9.62 Å². The first-order valence-corrected chi connectivity index (χ1v) is 12.4. The third kappa shape index (κ3) is 3.42. The van der Waals surface area contributed by atoms with Crippen LogP contribution in [-0.2, 0) is 10.0 Å². The number of sulfonamides is 1. The van der Waals surface area contributed by atoms with Crippen LogP contribution in [0.2, 0.25) is 5.02 Å². The number of thioether (sulfide) groups is 1. The fraction of sp³-hybridized carbons (Fsp3) is 0.350. The standard InChI is InChI=1S/C20H20ClN3O3S2/c21-14-1-2-18-13(9-14)10-19(27-18)16-11-23-12-17-20(16)28-8-7-24(17)29(25,26)15-3-5-22-6-4-15/h1-2,9-12,15,22H,3-8H2. The zero-order chi connectivity index (χ0) is 20.0. The van der Waals surface area contributed by atoms with E-state index in [0.29, 0.717) is 41.6 Å². The highest BCUT2D eigenvalue weighted by Gasteiger charge is 2.36. The van der Waals surface area contributed by atoms with Gasteiger partial charge in [0.15, 0.2) is 0 Å². The molecule has 0 bridgehead atoms. The number of anilines is 1. The Morgan fingerprint density at radius 3 is 2.86 bits per heavy atom. The Kier molecular flexibility index (Phi) is 4.98. The zero-order valence-electron chi connectivity index (χ0n) is 15.6. The Balaban J connectivity index is 1.58. The molecule has 1 aromatic carbocycles. The van der Waals surface area contributed by atoms with Crippen molar-refractivity contribution in [3.8, 4) is 11.3 Å². The molecule has 0 aliphatic carbocycles. The van der Waals surface area contributed by atoms with E-state index in [1.54, 1.807) is 34.5 Å². The quantitative estimate of drug-likeness (QED) is 0.647. The first kappa shape index (κ1) is 19.2. The molecule has 1 saturated heterocycles. The Morgan fingerprint density at radius 2 is 2.03 bits per heavy atom. The number of aromatic nitrogens is 1. The van der Waals surface area contributed by atoms with Gasteiger partial charge in [0.2, 0.25) is 10.0 Å². The van der Waals surface area contributed by atoms with Crippen LogP contribution in [-0.4, -0.2) is 44.0 Å². The second kappa shape index (κ2) is 7.50. The second-order valence-corrected chi connectivity index (χ2v) is 10.9. The van der Waals surface area contributed by atoms with Crippen molar-refractivity contribution in [3.63, 3.8) is 0 Å². The average Bonchev–Trinajstić information content (AvgIpc) is 3.16. The summed E-state index contributed by atoms with van der Waals surface area (Å²) < 4.78 is 34.3. The lowest BCUT2D eigenvalue weighted by Gasteiger charge is -2.34. The third-order valence-electron chi connectivity index (χ3n) is 5.45. The van der Waals surface area contributed by atoms with Gasteiger partial charge < -0.3 is 9.73 Å². The molecule has 0 saturated carbocycles. The molecule has 2 aliphatic heterocycles. The van der Waals surface area contributed by atoms with Crippen LogP contribution >= 0.6 is 23.4 Å². The summed E-state index contributed by atoms with van der Waals surface area (Å²) in [6.45, 7) is 1.93. The molecule has 0 unspecified atom stereocenters. The van der Waals surface area contributed by atoms with Gasteiger partial charge in [-0.3, -0.25) is 9.29 Å². The minimum atomic E-state index is -3.44. The fourth-order valence-electron chi connectivity index (χ4n) is 3.98. The summed E-state index contributed by atoms with van der Waals surface area (Å²) in [5, 5.41) is 4.44. The van der Waals surface area contributed by atoms with E-state index in [2.05, 4.69) is 10.3 Å². The van der Waals surface area contributed by atoms with Gasteiger partial charge in [-0.15, -0.1) is 11.8 Å². The molecule has 1 N–H and O–H groups in total. The Morgan fingerprint density at radius 1 is 1.21 bits per heavy atom. The Hall–Kier alpha value is -1.74. The zero-order valence-corrected chi connectivity index (χ0v) is 18.0. The number of halogens is 1. The van der Waals surface area contributed by atoms with Gasteiger partial charge in [-0.05, 0) is 50.2 Å². The number of nitrogens with zero attached hydrogens (tertiary/aromatic N) is 2. The fourth-order valence-corrected chi connectivity index (χ4v) is 7.38. The molecule has 4 heterocycles. The predicted octanol–water partition coefficient (Wildman–Crippen LogP) is 4.14. The van der Waals surface area contributed by atoms with Crippen LogP contribution in [0, 0.1) is 0 Å². The Bertz CT molecular complexity index is 1170. The van der Waals surface area contributed by atoms with E-state index in [-0.39, 0.29) is 5.25 Å². The monoisotopic (exact) mass is 449 g/mol. The largest absolute Gasteiger partial charge is 0.456 e. The maximum absolute atomic E-state index is 13.4. The van der Waals surface area contributed by atoms with Gasteiger partial charge in [-0.2, -0.15) is 0 Å². The molecule has 9 heteroatoms. The number of hydrogen-bond acceptors (Lipinski definition) is 6. The first-order chi connectivity index (χ1) is 14.0. The summed E-state index contributed by atoms with van der Waals surface area (Å²) in [4.78, 5) is 5.25. The summed E-state index contributed by atoms with van der Waals surface area (Å²) in [6, 6.07) is 7.41. The van der Waals surface area contributed by atoms with E-state index in [9.17, 15) is 8.42 Å². The minimum Gasteiger partial charge on any atom is -0.456 e. The second-order valence-electron chi connectivity index (χ2n) is 7.24. The van der Waals surface area contributed by atoms with Crippen LogP contribution in [0.1, 0.15) is 12.8 Å². The molecule has 1 fully saturated rings. The molecule has 152 valence electrons. The molecule has 3 aromatic rings. The number of rotatable bonds is 3. The van der Waals surface area contributed by atoms with Gasteiger partial charge in [-0.1, -0.05) is 11.6 Å². The van der Waals surface area contributed by atoms with Crippen molar-refractivity contribution >= 4 is 50.0 Å². The summed E-state index contributed by atoms with van der Waals surface area (Å²) in [5.74, 6) is 1.36. The van der Waals surface area contributed by atoms with E-state index < -0.39 is 10.0 Å².